The number of carboxylic acid groups (broad SMARTS) is 1. The van der Waals surface area contributed by atoms with Crippen molar-refractivity contribution in [2.24, 2.45) is 0 Å². The van der Waals surface area contributed by atoms with Crippen LogP contribution in [0.4, 0.5) is 0 Å². The van der Waals surface area contributed by atoms with Gasteiger partial charge in [0.05, 0.1) is 13.0 Å². The minimum Gasteiger partial charge on any atom is -0.477 e. The molecule has 0 bridgehead atoms. The molecule has 1 aromatic heterocycles. The van der Waals surface area contributed by atoms with Gasteiger partial charge >= 0.3 is 11.9 Å². The van der Waals surface area contributed by atoms with Gasteiger partial charge in [0, 0.05) is 13.6 Å². The molecule has 1 aromatic rings. The van der Waals surface area contributed by atoms with Crippen molar-refractivity contribution in [2.75, 3.05) is 20.2 Å². The lowest BCUT2D eigenvalue weighted by Crippen LogP contribution is -2.29. The van der Waals surface area contributed by atoms with Gasteiger partial charge in [-0.2, -0.15) is 4.31 Å². The zero-order valence-electron chi connectivity index (χ0n) is 12.0. The van der Waals surface area contributed by atoms with Gasteiger partial charge in [-0.05, 0) is 25.5 Å². The molecule has 0 aromatic carbocycles. The predicted octanol–water partition coefficient (Wildman–Crippen LogP) is 1.33. The van der Waals surface area contributed by atoms with E-state index in [2.05, 4.69) is 0 Å². The van der Waals surface area contributed by atoms with E-state index < -0.39 is 22.0 Å². The van der Waals surface area contributed by atoms with Crippen LogP contribution in [0.1, 0.15) is 28.6 Å². The number of esters is 1. The van der Waals surface area contributed by atoms with Gasteiger partial charge in [-0.3, -0.25) is 4.79 Å². The Morgan fingerprint density at radius 3 is 2.52 bits per heavy atom. The van der Waals surface area contributed by atoms with Crippen LogP contribution in [0.2, 0.25) is 0 Å². The Hall–Kier alpha value is -1.45. The summed E-state index contributed by atoms with van der Waals surface area (Å²) < 4.78 is 30.3. The lowest BCUT2D eigenvalue weighted by Gasteiger charge is -2.15. The van der Waals surface area contributed by atoms with Crippen molar-refractivity contribution in [1.29, 1.82) is 0 Å². The highest BCUT2D eigenvalue weighted by atomic mass is 32.2. The normalized spacial score (nSPS) is 11.6. The number of hydrogen-bond acceptors (Lipinski definition) is 6. The van der Waals surface area contributed by atoms with Crippen molar-refractivity contribution in [3.8, 4) is 0 Å². The van der Waals surface area contributed by atoms with Crippen LogP contribution in [0, 0.1) is 6.92 Å². The molecule has 0 fully saturated rings. The molecule has 0 aliphatic heterocycles. The summed E-state index contributed by atoms with van der Waals surface area (Å²) in [6.07, 6.45) is -0.0558. The molecule has 21 heavy (non-hydrogen) atoms. The van der Waals surface area contributed by atoms with Crippen LogP contribution in [-0.2, 0) is 19.6 Å². The molecule has 0 radical (unpaired) electrons. The minimum atomic E-state index is -3.80. The molecule has 0 unspecified atom stereocenters. The quantitative estimate of drug-likeness (QED) is 0.754. The fraction of sp³-hybridized carbons (Fsp3) is 0.500. The van der Waals surface area contributed by atoms with Crippen LogP contribution in [0.5, 0.6) is 0 Å². The Morgan fingerprint density at radius 1 is 1.43 bits per heavy atom. The van der Waals surface area contributed by atoms with E-state index in [1.54, 1.807) is 6.92 Å². The first kappa shape index (κ1) is 17.6. The number of aryl methyl sites for hydroxylation is 1. The van der Waals surface area contributed by atoms with Crippen LogP contribution in [0.3, 0.4) is 0 Å². The molecule has 0 aliphatic carbocycles. The van der Waals surface area contributed by atoms with E-state index in [0.717, 1.165) is 4.31 Å². The number of ether oxygens (including phenoxy) is 1. The third-order valence-corrected chi connectivity index (χ3v) is 6.22. The van der Waals surface area contributed by atoms with Crippen molar-refractivity contribution < 1.29 is 27.9 Å². The molecule has 0 amide bonds. The van der Waals surface area contributed by atoms with Crippen LogP contribution >= 0.6 is 11.3 Å². The van der Waals surface area contributed by atoms with Gasteiger partial charge in [-0.1, -0.05) is 0 Å². The maximum Gasteiger partial charge on any atom is 0.346 e. The summed E-state index contributed by atoms with van der Waals surface area (Å²) >= 11 is 0.702. The number of thiophene rings is 1. The highest BCUT2D eigenvalue weighted by molar-refractivity contribution is 7.91. The van der Waals surface area contributed by atoms with Gasteiger partial charge in [0.1, 0.15) is 9.09 Å². The lowest BCUT2D eigenvalue weighted by molar-refractivity contribution is -0.143. The molecule has 0 spiro atoms. The Balaban J connectivity index is 2.87. The Bertz CT molecular complexity index is 634. The fourth-order valence-electron chi connectivity index (χ4n) is 1.55. The Labute approximate surface area is 127 Å². The number of hydrogen-bond donors (Lipinski definition) is 1. The summed E-state index contributed by atoms with van der Waals surface area (Å²) in [5, 5.41) is 8.96. The van der Waals surface area contributed by atoms with E-state index in [1.807, 2.05) is 0 Å². The maximum atomic E-state index is 12.3. The Kier molecular flexibility index (Phi) is 5.87. The van der Waals surface area contributed by atoms with Gasteiger partial charge in [0.25, 0.3) is 10.0 Å². The third-order valence-electron chi connectivity index (χ3n) is 2.69. The van der Waals surface area contributed by atoms with Gasteiger partial charge in [0.15, 0.2) is 0 Å². The summed E-state index contributed by atoms with van der Waals surface area (Å²) in [5.41, 5.74) is 0.393. The van der Waals surface area contributed by atoms with Crippen LogP contribution in [0.25, 0.3) is 0 Å². The molecule has 0 saturated carbocycles. The van der Waals surface area contributed by atoms with E-state index >= 15 is 0 Å². The standard InChI is InChI=1S/C12H17NO6S2/c1-4-19-9(14)5-6-13(3)21(17,18)10-7-8(2)11(20-10)12(15)16/h7H,4-6H2,1-3H3,(H,15,16). The fourth-order valence-corrected chi connectivity index (χ4v) is 4.31. The summed E-state index contributed by atoms with van der Waals surface area (Å²) in [5.74, 6) is -1.64. The highest BCUT2D eigenvalue weighted by Crippen LogP contribution is 2.28. The van der Waals surface area contributed by atoms with Gasteiger partial charge in [0.2, 0.25) is 0 Å². The summed E-state index contributed by atoms with van der Waals surface area (Å²) in [7, 11) is -2.47. The van der Waals surface area contributed by atoms with Gasteiger partial charge in [-0.15, -0.1) is 11.3 Å². The first-order valence-corrected chi connectivity index (χ1v) is 8.41. The molecular formula is C12H17NO6S2. The average Bonchev–Trinajstić information content (AvgIpc) is 2.79. The number of aromatic carboxylic acids is 1. The molecule has 0 aliphatic rings. The first-order chi connectivity index (χ1) is 9.70. The SMILES string of the molecule is CCOC(=O)CCN(C)S(=O)(=O)c1cc(C)c(C(=O)O)s1. The van der Waals surface area contributed by atoms with E-state index in [1.165, 1.54) is 20.0 Å². The molecule has 118 valence electrons. The molecule has 1 N–H and O–H groups in total. The molecule has 7 nitrogen and oxygen atoms in total. The van der Waals surface area contributed by atoms with Crippen molar-refractivity contribution in [3.05, 3.63) is 16.5 Å². The van der Waals surface area contributed by atoms with Crippen molar-refractivity contribution in [3.63, 3.8) is 0 Å². The lowest BCUT2D eigenvalue weighted by atomic mass is 10.3. The summed E-state index contributed by atoms with van der Waals surface area (Å²) in [6.45, 7) is 3.42. The van der Waals surface area contributed by atoms with E-state index in [-0.39, 0.29) is 28.7 Å². The van der Waals surface area contributed by atoms with E-state index in [0.29, 0.717) is 16.9 Å². The van der Waals surface area contributed by atoms with E-state index in [4.69, 9.17) is 9.84 Å². The monoisotopic (exact) mass is 335 g/mol. The number of nitrogens with zero attached hydrogens (tertiary/aromatic N) is 1. The highest BCUT2D eigenvalue weighted by Gasteiger charge is 2.26. The summed E-state index contributed by atoms with van der Waals surface area (Å²) in [4.78, 5) is 22.2. The third kappa shape index (κ3) is 4.26. The molecule has 1 rings (SSSR count). The van der Waals surface area contributed by atoms with E-state index in [9.17, 15) is 18.0 Å². The average molecular weight is 335 g/mol. The zero-order valence-corrected chi connectivity index (χ0v) is 13.6. The predicted molar refractivity (Wildman–Crippen MR) is 77.1 cm³/mol. The number of sulfonamides is 1. The molecule has 0 saturated heterocycles. The maximum absolute atomic E-state index is 12.3. The van der Waals surface area contributed by atoms with Crippen molar-refractivity contribution in [2.45, 2.75) is 24.5 Å². The summed E-state index contributed by atoms with van der Waals surface area (Å²) in [6, 6.07) is 1.32. The van der Waals surface area contributed by atoms with Crippen molar-refractivity contribution >= 4 is 33.3 Å². The minimum absolute atomic E-state index is 0.00707. The number of carbonyl (C=O) groups excluding carboxylic acids is 1. The van der Waals surface area contributed by atoms with Crippen LogP contribution in [0.15, 0.2) is 10.3 Å². The molecule has 1 heterocycles. The molecule has 9 heteroatoms. The second-order valence-electron chi connectivity index (χ2n) is 4.26. The zero-order chi connectivity index (χ0) is 16.2. The number of carbonyl (C=O) groups is 2. The molecule has 0 atom stereocenters. The first-order valence-electron chi connectivity index (χ1n) is 6.15. The molecular weight excluding hydrogens is 318 g/mol. The van der Waals surface area contributed by atoms with Crippen LogP contribution in [-0.4, -0.2) is 50.0 Å². The smallest absolute Gasteiger partial charge is 0.346 e. The second kappa shape index (κ2) is 7.01. The second-order valence-corrected chi connectivity index (χ2v) is 7.59. The number of carboxylic acids is 1. The largest absolute Gasteiger partial charge is 0.477 e. The topological polar surface area (TPSA) is 101 Å². The van der Waals surface area contributed by atoms with Crippen molar-refractivity contribution in [1.82, 2.24) is 4.31 Å². The Morgan fingerprint density at radius 2 is 2.05 bits per heavy atom. The number of rotatable bonds is 7. The van der Waals surface area contributed by atoms with Gasteiger partial charge < -0.3 is 9.84 Å². The van der Waals surface area contributed by atoms with Crippen LogP contribution < -0.4 is 0 Å². The van der Waals surface area contributed by atoms with Gasteiger partial charge in [-0.25, -0.2) is 13.2 Å².